The topological polar surface area (TPSA) is 86.8 Å². The van der Waals surface area contributed by atoms with Crippen LogP contribution in [-0.4, -0.2) is 50.5 Å². The van der Waals surface area contributed by atoms with E-state index >= 15 is 0 Å². The van der Waals surface area contributed by atoms with Gasteiger partial charge in [0.2, 0.25) is 21.8 Å². The van der Waals surface area contributed by atoms with Crippen LogP contribution >= 0.6 is 0 Å². The van der Waals surface area contributed by atoms with E-state index in [2.05, 4.69) is 12.2 Å². The standard InChI is InChI=1S/C28H41N3O4S/c1-7-8-14-29-28(33)24(5)30(20-25-12-9-11-21(2)17-25)27(32)13-10-15-31(36(6,34)35)26-18-22(3)16-23(4)19-26/h9,11-12,16-19,24H,7-8,10,13-15,20H2,1-6H3,(H,29,33)/t24-/m1/s1. The Hall–Kier alpha value is -2.87. The molecule has 2 amide bonds. The van der Waals surface area contributed by atoms with Gasteiger partial charge in [0, 0.05) is 26.1 Å². The van der Waals surface area contributed by atoms with Crippen LogP contribution in [0.5, 0.6) is 0 Å². The van der Waals surface area contributed by atoms with Crippen LogP contribution in [0.4, 0.5) is 5.69 Å². The smallest absolute Gasteiger partial charge is 0.242 e. The van der Waals surface area contributed by atoms with E-state index in [1.807, 2.05) is 63.2 Å². The van der Waals surface area contributed by atoms with Gasteiger partial charge in [0.1, 0.15) is 6.04 Å². The molecule has 2 rings (SSSR count). The van der Waals surface area contributed by atoms with Gasteiger partial charge in [0.15, 0.2) is 0 Å². The van der Waals surface area contributed by atoms with E-state index < -0.39 is 16.1 Å². The number of nitrogens with one attached hydrogen (secondary N) is 1. The molecule has 36 heavy (non-hydrogen) atoms. The lowest BCUT2D eigenvalue weighted by atomic mass is 10.1. The number of benzene rings is 2. The Kier molecular flexibility index (Phi) is 11.0. The molecule has 0 aromatic heterocycles. The summed E-state index contributed by atoms with van der Waals surface area (Å²) in [6, 6.07) is 12.9. The van der Waals surface area contributed by atoms with Crippen molar-refractivity contribution in [3.63, 3.8) is 0 Å². The summed E-state index contributed by atoms with van der Waals surface area (Å²) in [4.78, 5) is 27.7. The van der Waals surface area contributed by atoms with Gasteiger partial charge in [-0.05, 0) is 69.4 Å². The van der Waals surface area contributed by atoms with Crippen molar-refractivity contribution in [1.82, 2.24) is 10.2 Å². The van der Waals surface area contributed by atoms with Gasteiger partial charge in [-0.2, -0.15) is 0 Å². The fraction of sp³-hybridized carbons (Fsp3) is 0.500. The van der Waals surface area contributed by atoms with E-state index in [-0.39, 0.29) is 24.8 Å². The molecule has 0 saturated carbocycles. The average Bonchev–Trinajstić information content (AvgIpc) is 2.78. The molecule has 1 atom stereocenters. The Morgan fingerprint density at radius 2 is 1.64 bits per heavy atom. The quantitative estimate of drug-likeness (QED) is 0.398. The van der Waals surface area contributed by atoms with Crippen molar-refractivity contribution in [2.24, 2.45) is 0 Å². The van der Waals surface area contributed by atoms with Gasteiger partial charge < -0.3 is 10.2 Å². The van der Waals surface area contributed by atoms with Crippen LogP contribution in [0.1, 0.15) is 61.8 Å². The second-order valence-electron chi connectivity index (χ2n) is 9.62. The number of sulfonamides is 1. The zero-order valence-electron chi connectivity index (χ0n) is 22.5. The van der Waals surface area contributed by atoms with Crippen molar-refractivity contribution in [1.29, 1.82) is 0 Å². The summed E-state index contributed by atoms with van der Waals surface area (Å²) in [6.45, 7) is 10.7. The zero-order valence-corrected chi connectivity index (χ0v) is 23.3. The van der Waals surface area contributed by atoms with E-state index in [4.69, 9.17) is 0 Å². The van der Waals surface area contributed by atoms with Crippen molar-refractivity contribution < 1.29 is 18.0 Å². The average molecular weight is 516 g/mol. The van der Waals surface area contributed by atoms with E-state index in [0.717, 1.165) is 35.1 Å². The number of hydrogen-bond donors (Lipinski definition) is 1. The third-order valence-electron chi connectivity index (χ3n) is 6.08. The molecule has 198 valence electrons. The van der Waals surface area contributed by atoms with Crippen LogP contribution in [0.25, 0.3) is 0 Å². The number of carbonyl (C=O) groups is 2. The van der Waals surface area contributed by atoms with Crippen LogP contribution in [0.2, 0.25) is 0 Å². The Labute approximate surface area is 216 Å². The van der Waals surface area contributed by atoms with Gasteiger partial charge >= 0.3 is 0 Å². The summed E-state index contributed by atoms with van der Waals surface area (Å²) in [6.07, 6.45) is 3.50. The van der Waals surface area contributed by atoms with Crippen molar-refractivity contribution >= 4 is 27.5 Å². The van der Waals surface area contributed by atoms with Crippen LogP contribution in [0, 0.1) is 20.8 Å². The second kappa shape index (κ2) is 13.4. The van der Waals surface area contributed by atoms with E-state index in [1.54, 1.807) is 11.8 Å². The molecule has 0 saturated heterocycles. The minimum atomic E-state index is -3.52. The minimum absolute atomic E-state index is 0.134. The van der Waals surface area contributed by atoms with Gasteiger partial charge in [-0.15, -0.1) is 0 Å². The van der Waals surface area contributed by atoms with Crippen molar-refractivity contribution in [3.05, 3.63) is 64.7 Å². The largest absolute Gasteiger partial charge is 0.354 e. The highest BCUT2D eigenvalue weighted by atomic mass is 32.2. The number of carbonyl (C=O) groups excluding carboxylic acids is 2. The number of rotatable bonds is 13. The molecule has 8 heteroatoms. The molecule has 0 radical (unpaired) electrons. The molecule has 1 N–H and O–H groups in total. The summed E-state index contributed by atoms with van der Waals surface area (Å²) in [5.41, 5.74) is 4.58. The normalized spacial score (nSPS) is 12.2. The lowest BCUT2D eigenvalue weighted by molar-refractivity contribution is -0.140. The first-order chi connectivity index (χ1) is 16.9. The predicted molar refractivity (Wildman–Crippen MR) is 146 cm³/mol. The molecule has 0 aliphatic heterocycles. The molecular formula is C28H41N3O4S. The third-order valence-corrected chi connectivity index (χ3v) is 7.27. The minimum Gasteiger partial charge on any atom is -0.354 e. The number of nitrogens with zero attached hydrogens (tertiary/aromatic N) is 2. The molecule has 0 unspecified atom stereocenters. The Morgan fingerprint density at radius 1 is 0.972 bits per heavy atom. The first-order valence-corrected chi connectivity index (χ1v) is 14.5. The van der Waals surface area contributed by atoms with Gasteiger partial charge in [0.25, 0.3) is 0 Å². The lowest BCUT2D eigenvalue weighted by Gasteiger charge is -2.29. The SMILES string of the molecule is CCCCNC(=O)[C@@H](C)N(Cc1cccc(C)c1)C(=O)CCCN(c1cc(C)cc(C)c1)S(C)(=O)=O. The zero-order chi connectivity index (χ0) is 26.9. The molecule has 0 bridgehead atoms. The molecule has 7 nitrogen and oxygen atoms in total. The van der Waals surface area contributed by atoms with E-state index in [1.165, 1.54) is 10.6 Å². The van der Waals surface area contributed by atoms with Gasteiger partial charge in [-0.1, -0.05) is 49.2 Å². The number of aryl methyl sites for hydroxylation is 3. The van der Waals surface area contributed by atoms with Crippen LogP contribution in [0.15, 0.2) is 42.5 Å². The fourth-order valence-corrected chi connectivity index (χ4v) is 5.17. The Morgan fingerprint density at radius 3 is 2.22 bits per heavy atom. The molecule has 0 aliphatic rings. The van der Waals surface area contributed by atoms with Crippen LogP contribution in [0.3, 0.4) is 0 Å². The molecule has 0 aliphatic carbocycles. The number of unbranched alkanes of at least 4 members (excludes halogenated alkanes) is 1. The first kappa shape index (κ1) is 29.4. The maximum atomic E-state index is 13.4. The number of hydrogen-bond acceptors (Lipinski definition) is 4. The molecule has 0 fully saturated rings. The van der Waals surface area contributed by atoms with Crippen molar-refractivity contribution in [3.8, 4) is 0 Å². The first-order valence-electron chi connectivity index (χ1n) is 12.6. The summed E-state index contributed by atoms with van der Waals surface area (Å²) in [5, 5.41) is 2.92. The van der Waals surface area contributed by atoms with Crippen molar-refractivity contribution in [2.75, 3.05) is 23.7 Å². The van der Waals surface area contributed by atoms with Crippen LogP contribution < -0.4 is 9.62 Å². The Balaban J connectivity index is 2.17. The second-order valence-corrected chi connectivity index (χ2v) is 11.5. The summed E-state index contributed by atoms with van der Waals surface area (Å²) >= 11 is 0. The fourth-order valence-electron chi connectivity index (χ4n) is 4.22. The van der Waals surface area contributed by atoms with Gasteiger partial charge in [-0.25, -0.2) is 8.42 Å². The van der Waals surface area contributed by atoms with E-state index in [0.29, 0.717) is 25.2 Å². The molecule has 0 heterocycles. The maximum Gasteiger partial charge on any atom is 0.242 e. The van der Waals surface area contributed by atoms with Gasteiger partial charge in [0.05, 0.1) is 11.9 Å². The van der Waals surface area contributed by atoms with Crippen molar-refractivity contribution in [2.45, 2.75) is 72.9 Å². The maximum absolute atomic E-state index is 13.4. The molecule has 2 aromatic rings. The third kappa shape index (κ3) is 8.97. The Bertz CT molecular complexity index is 1130. The molecule has 0 spiro atoms. The van der Waals surface area contributed by atoms with Gasteiger partial charge in [-0.3, -0.25) is 13.9 Å². The lowest BCUT2D eigenvalue weighted by Crippen LogP contribution is -2.48. The number of anilines is 1. The highest BCUT2D eigenvalue weighted by Crippen LogP contribution is 2.22. The summed E-state index contributed by atoms with van der Waals surface area (Å²) < 4.78 is 26.4. The van der Waals surface area contributed by atoms with Crippen LogP contribution in [-0.2, 0) is 26.2 Å². The highest BCUT2D eigenvalue weighted by Gasteiger charge is 2.26. The number of amides is 2. The summed E-state index contributed by atoms with van der Waals surface area (Å²) in [5.74, 6) is -0.360. The highest BCUT2D eigenvalue weighted by molar-refractivity contribution is 7.92. The monoisotopic (exact) mass is 515 g/mol. The molecular weight excluding hydrogens is 474 g/mol. The molecule has 2 aromatic carbocycles. The predicted octanol–water partition coefficient (Wildman–Crippen LogP) is 4.49. The van der Waals surface area contributed by atoms with E-state index in [9.17, 15) is 18.0 Å². The summed E-state index contributed by atoms with van der Waals surface area (Å²) in [7, 11) is -3.52.